The highest BCUT2D eigenvalue weighted by atomic mass is 32.2. The van der Waals surface area contributed by atoms with Crippen molar-refractivity contribution in [2.24, 2.45) is 0 Å². The number of nitrogens with zero attached hydrogens (tertiary/aromatic N) is 1. The Labute approximate surface area is 121 Å². The van der Waals surface area contributed by atoms with Crippen LogP contribution in [-0.2, 0) is 16.4 Å². The molecule has 0 amide bonds. The molecule has 0 bridgehead atoms. The third kappa shape index (κ3) is 3.47. The van der Waals surface area contributed by atoms with Gasteiger partial charge in [0, 0.05) is 30.1 Å². The third-order valence-electron chi connectivity index (χ3n) is 2.63. The van der Waals surface area contributed by atoms with Crippen molar-refractivity contribution in [2.75, 3.05) is 19.4 Å². The lowest BCUT2D eigenvalue weighted by atomic mass is 10.3. The van der Waals surface area contributed by atoms with E-state index in [0.29, 0.717) is 12.1 Å². The second-order valence-corrected chi connectivity index (χ2v) is 6.49. The lowest BCUT2D eigenvalue weighted by Crippen LogP contribution is -2.26. The molecule has 0 aliphatic heterocycles. The minimum Gasteiger partial charge on any atom is -0.495 e. The van der Waals surface area contributed by atoms with Crippen molar-refractivity contribution in [1.29, 1.82) is 0 Å². The van der Waals surface area contributed by atoms with Gasteiger partial charge in [-0.3, -0.25) is 0 Å². The molecular weight excluding hydrogens is 298 g/mol. The Morgan fingerprint density at radius 2 is 2.25 bits per heavy atom. The molecule has 0 aliphatic rings. The second-order valence-electron chi connectivity index (χ2n) is 4.04. The van der Waals surface area contributed by atoms with Gasteiger partial charge in [0.25, 0.3) is 0 Å². The predicted molar refractivity (Wildman–Crippen MR) is 78.4 cm³/mol. The number of rotatable bonds is 6. The molecule has 0 saturated carbocycles. The van der Waals surface area contributed by atoms with Crippen molar-refractivity contribution >= 4 is 27.0 Å². The van der Waals surface area contributed by atoms with E-state index in [1.54, 1.807) is 5.51 Å². The highest BCUT2D eigenvalue weighted by Gasteiger charge is 2.19. The van der Waals surface area contributed by atoms with Crippen LogP contribution in [0.15, 0.2) is 34.0 Å². The normalized spacial score (nSPS) is 11.4. The lowest BCUT2D eigenvalue weighted by molar-refractivity contribution is 0.402. The SMILES string of the molecule is COc1cc(N)ccc1S(=O)(=O)NCCc1cscn1. The highest BCUT2D eigenvalue weighted by molar-refractivity contribution is 7.89. The zero-order chi connectivity index (χ0) is 14.6. The number of thiazole rings is 1. The molecule has 0 atom stereocenters. The van der Waals surface area contributed by atoms with Crippen molar-refractivity contribution in [1.82, 2.24) is 9.71 Å². The number of hydrogen-bond acceptors (Lipinski definition) is 6. The van der Waals surface area contributed by atoms with E-state index in [0.717, 1.165) is 5.69 Å². The number of ether oxygens (including phenoxy) is 1. The molecule has 0 fully saturated rings. The average Bonchev–Trinajstić information content (AvgIpc) is 2.91. The van der Waals surface area contributed by atoms with E-state index in [4.69, 9.17) is 10.5 Å². The molecule has 0 radical (unpaired) electrons. The van der Waals surface area contributed by atoms with Gasteiger partial charge in [-0.25, -0.2) is 18.1 Å². The summed E-state index contributed by atoms with van der Waals surface area (Å²) in [6.45, 7) is 0.277. The molecule has 20 heavy (non-hydrogen) atoms. The van der Waals surface area contributed by atoms with E-state index in [2.05, 4.69) is 9.71 Å². The molecule has 3 N–H and O–H groups in total. The number of nitrogen functional groups attached to an aromatic ring is 1. The fourth-order valence-corrected chi connectivity index (χ4v) is 3.43. The number of benzene rings is 1. The number of hydrogen-bond donors (Lipinski definition) is 2. The van der Waals surface area contributed by atoms with Gasteiger partial charge in [-0.1, -0.05) is 0 Å². The Bertz CT molecular complexity index is 669. The van der Waals surface area contributed by atoms with E-state index >= 15 is 0 Å². The van der Waals surface area contributed by atoms with Crippen LogP contribution in [0.5, 0.6) is 5.75 Å². The van der Waals surface area contributed by atoms with E-state index in [-0.39, 0.29) is 17.2 Å². The summed E-state index contributed by atoms with van der Waals surface area (Å²) in [6.07, 6.45) is 0.542. The Hall–Kier alpha value is -1.64. The maximum Gasteiger partial charge on any atom is 0.244 e. The summed E-state index contributed by atoms with van der Waals surface area (Å²) in [7, 11) is -2.22. The maximum atomic E-state index is 12.2. The molecule has 1 aromatic carbocycles. The van der Waals surface area contributed by atoms with Gasteiger partial charge < -0.3 is 10.5 Å². The standard InChI is InChI=1S/C12H15N3O3S2/c1-18-11-6-9(13)2-3-12(11)20(16,17)15-5-4-10-7-19-8-14-10/h2-3,6-8,15H,4-5,13H2,1H3. The Morgan fingerprint density at radius 1 is 1.45 bits per heavy atom. The van der Waals surface area contributed by atoms with E-state index in [1.165, 1.54) is 36.6 Å². The van der Waals surface area contributed by atoms with Gasteiger partial charge in [-0.2, -0.15) is 0 Å². The van der Waals surface area contributed by atoms with Crippen molar-refractivity contribution in [3.8, 4) is 5.75 Å². The van der Waals surface area contributed by atoms with Crippen molar-refractivity contribution < 1.29 is 13.2 Å². The summed E-state index contributed by atoms with van der Waals surface area (Å²) in [6, 6.07) is 4.44. The first-order valence-corrected chi connectivity index (χ1v) is 8.26. The molecule has 2 aromatic rings. The Balaban J connectivity index is 2.10. The molecule has 0 spiro atoms. The van der Waals surface area contributed by atoms with Crippen molar-refractivity contribution in [3.63, 3.8) is 0 Å². The molecule has 6 nitrogen and oxygen atoms in total. The fourth-order valence-electron chi connectivity index (χ4n) is 1.66. The lowest BCUT2D eigenvalue weighted by Gasteiger charge is -2.10. The molecular formula is C12H15N3O3S2. The van der Waals surface area contributed by atoms with Crippen molar-refractivity contribution in [3.05, 3.63) is 34.8 Å². The van der Waals surface area contributed by atoms with Gasteiger partial charge in [0.15, 0.2) is 0 Å². The molecule has 1 heterocycles. The predicted octanol–water partition coefficient (Wildman–Crippen LogP) is 1.25. The first-order chi connectivity index (χ1) is 9.53. The van der Waals surface area contributed by atoms with Gasteiger partial charge >= 0.3 is 0 Å². The molecule has 108 valence electrons. The zero-order valence-corrected chi connectivity index (χ0v) is 12.5. The molecule has 0 aliphatic carbocycles. The second kappa shape index (κ2) is 6.21. The zero-order valence-electron chi connectivity index (χ0n) is 10.9. The number of aromatic nitrogens is 1. The highest BCUT2D eigenvalue weighted by Crippen LogP contribution is 2.25. The number of nitrogens with one attached hydrogen (secondary N) is 1. The van der Waals surface area contributed by atoms with Crippen LogP contribution in [0.4, 0.5) is 5.69 Å². The van der Waals surface area contributed by atoms with E-state index in [9.17, 15) is 8.42 Å². The maximum absolute atomic E-state index is 12.2. The first kappa shape index (κ1) is 14.8. The molecule has 8 heteroatoms. The molecule has 2 rings (SSSR count). The number of sulfonamides is 1. The average molecular weight is 313 g/mol. The summed E-state index contributed by atoms with van der Waals surface area (Å²) < 4.78 is 32.0. The monoisotopic (exact) mass is 313 g/mol. The van der Waals surface area contributed by atoms with E-state index < -0.39 is 10.0 Å². The van der Waals surface area contributed by atoms with Crippen LogP contribution >= 0.6 is 11.3 Å². The topological polar surface area (TPSA) is 94.3 Å². The first-order valence-electron chi connectivity index (χ1n) is 5.83. The minimum absolute atomic E-state index is 0.0764. The van der Waals surface area contributed by atoms with Crippen LogP contribution in [0.25, 0.3) is 0 Å². The number of anilines is 1. The van der Waals surface area contributed by atoms with Crippen LogP contribution in [0.1, 0.15) is 5.69 Å². The smallest absolute Gasteiger partial charge is 0.244 e. The summed E-state index contributed by atoms with van der Waals surface area (Å²) in [5.74, 6) is 0.228. The molecule has 1 aromatic heterocycles. The quantitative estimate of drug-likeness (QED) is 0.783. The van der Waals surface area contributed by atoms with Gasteiger partial charge in [0.1, 0.15) is 10.6 Å². The van der Waals surface area contributed by atoms with Crippen LogP contribution in [0.2, 0.25) is 0 Å². The van der Waals surface area contributed by atoms with Crippen LogP contribution in [0, 0.1) is 0 Å². The number of nitrogens with two attached hydrogens (primary N) is 1. The third-order valence-corrected chi connectivity index (χ3v) is 4.77. The van der Waals surface area contributed by atoms with Crippen molar-refractivity contribution in [2.45, 2.75) is 11.3 Å². The van der Waals surface area contributed by atoms with E-state index in [1.807, 2.05) is 5.38 Å². The largest absolute Gasteiger partial charge is 0.495 e. The van der Waals surface area contributed by atoms with Gasteiger partial charge in [-0.05, 0) is 12.1 Å². The summed E-state index contributed by atoms with van der Waals surface area (Å²) in [5, 5.41) is 1.89. The Kier molecular flexibility index (Phi) is 4.58. The van der Waals surface area contributed by atoms with Gasteiger partial charge in [0.05, 0.1) is 18.3 Å². The summed E-state index contributed by atoms with van der Waals surface area (Å²) >= 11 is 1.48. The summed E-state index contributed by atoms with van der Waals surface area (Å²) in [5.41, 5.74) is 8.63. The summed E-state index contributed by atoms with van der Waals surface area (Å²) in [4.78, 5) is 4.17. The molecule has 0 unspecified atom stereocenters. The Morgan fingerprint density at radius 3 is 2.90 bits per heavy atom. The number of methoxy groups -OCH3 is 1. The van der Waals surface area contributed by atoms with Gasteiger partial charge in [0.2, 0.25) is 10.0 Å². The van der Waals surface area contributed by atoms with Gasteiger partial charge in [-0.15, -0.1) is 11.3 Å². The molecule has 0 saturated heterocycles. The van der Waals surface area contributed by atoms with Crippen LogP contribution < -0.4 is 15.2 Å². The van der Waals surface area contributed by atoms with Crippen LogP contribution in [0.3, 0.4) is 0 Å². The fraction of sp³-hybridized carbons (Fsp3) is 0.250. The van der Waals surface area contributed by atoms with Crippen LogP contribution in [-0.4, -0.2) is 27.1 Å². The minimum atomic E-state index is -3.63.